The fourth-order valence-corrected chi connectivity index (χ4v) is 2.86. The second kappa shape index (κ2) is 9.35. The van der Waals surface area contributed by atoms with Crippen LogP contribution in [-0.2, 0) is 11.2 Å². The van der Waals surface area contributed by atoms with E-state index in [1.807, 2.05) is 12.2 Å². The number of nitrogens with one attached hydrogen (secondary N) is 1. The molecule has 0 atom stereocenters. The van der Waals surface area contributed by atoms with Crippen LogP contribution in [0.5, 0.6) is 0 Å². The summed E-state index contributed by atoms with van der Waals surface area (Å²) in [6.07, 6.45) is 6.82. The van der Waals surface area contributed by atoms with E-state index in [-0.39, 0.29) is 13.3 Å². The smallest absolute Gasteiger partial charge is 0.216 e. The van der Waals surface area contributed by atoms with Crippen molar-refractivity contribution in [3.63, 3.8) is 0 Å². The molecule has 0 saturated heterocycles. The first-order valence-electron chi connectivity index (χ1n) is 6.80. The van der Waals surface area contributed by atoms with Crippen LogP contribution in [0.2, 0.25) is 0 Å². The number of allylic oxidation sites excluding steroid dienone is 2. The predicted octanol–water partition coefficient (Wildman–Crippen LogP) is 4.93. The van der Waals surface area contributed by atoms with E-state index in [9.17, 15) is 4.79 Å². The van der Waals surface area contributed by atoms with Gasteiger partial charge >= 0.3 is 0 Å². The van der Waals surface area contributed by atoms with Gasteiger partial charge in [0.2, 0.25) is 5.91 Å². The highest BCUT2D eigenvalue weighted by atomic mass is 32.1. The molecule has 0 aliphatic heterocycles. The lowest BCUT2D eigenvalue weighted by molar-refractivity contribution is -0.118. The van der Waals surface area contributed by atoms with Crippen molar-refractivity contribution in [3.8, 4) is 0 Å². The van der Waals surface area contributed by atoms with Crippen LogP contribution in [0, 0.1) is 5.92 Å². The third-order valence-corrected chi connectivity index (χ3v) is 4.15. The minimum Gasteiger partial charge on any atom is -0.356 e. The molecule has 2 nitrogen and oxygen atoms in total. The van der Waals surface area contributed by atoms with Crippen molar-refractivity contribution in [3.05, 3.63) is 46.2 Å². The Morgan fingerprint density at radius 3 is 2.57 bits per heavy atom. The summed E-state index contributed by atoms with van der Waals surface area (Å²) in [7, 11) is 0. The number of carbonyl (C=O) groups is 1. The summed E-state index contributed by atoms with van der Waals surface area (Å²) in [5.41, 5.74) is 3.67. The highest BCUT2D eigenvalue weighted by Crippen LogP contribution is 2.28. The highest BCUT2D eigenvalue weighted by molar-refractivity contribution is 7.11. The van der Waals surface area contributed by atoms with Crippen LogP contribution >= 0.6 is 11.3 Å². The van der Waals surface area contributed by atoms with Crippen LogP contribution in [0.15, 0.2) is 30.2 Å². The molecule has 1 aromatic rings. The first-order chi connectivity index (χ1) is 9.49. The molecule has 1 amide bonds. The number of amides is 1. The summed E-state index contributed by atoms with van der Waals surface area (Å²) in [5.74, 6) is 0.448. The van der Waals surface area contributed by atoms with E-state index in [4.69, 9.17) is 0 Å². The van der Waals surface area contributed by atoms with Crippen molar-refractivity contribution < 1.29 is 4.79 Å². The van der Waals surface area contributed by atoms with Crippen molar-refractivity contribution in [1.29, 1.82) is 0 Å². The molecule has 1 aromatic heterocycles. The maximum atomic E-state index is 10.9. The molecule has 0 unspecified atom stereocenters. The van der Waals surface area contributed by atoms with E-state index in [2.05, 4.69) is 43.8 Å². The van der Waals surface area contributed by atoms with E-state index in [1.54, 1.807) is 11.3 Å². The molecule has 0 saturated carbocycles. The topological polar surface area (TPSA) is 29.1 Å². The molecule has 3 heteroatoms. The summed E-state index contributed by atoms with van der Waals surface area (Å²) in [5, 5.41) is 4.98. The Hall–Kier alpha value is -1.61. The Kier molecular flexibility index (Phi) is 8.63. The van der Waals surface area contributed by atoms with Gasteiger partial charge in [0.15, 0.2) is 0 Å². The van der Waals surface area contributed by atoms with Crippen LogP contribution < -0.4 is 5.32 Å². The molecule has 0 aliphatic carbocycles. The molecule has 1 heterocycles. The van der Waals surface area contributed by atoms with Crippen LogP contribution in [-0.4, -0.2) is 12.5 Å². The zero-order valence-electron chi connectivity index (χ0n) is 12.5. The van der Waals surface area contributed by atoms with Gasteiger partial charge < -0.3 is 5.32 Å². The summed E-state index contributed by atoms with van der Waals surface area (Å²) < 4.78 is 0. The van der Waals surface area contributed by atoms with Gasteiger partial charge in [-0.15, -0.1) is 11.3 Å². The average Bonchev–Trinajstić information content (AvgIpc) is 2.77. The normalized spacial score (nSPS) is 11.0. The average molecular weight is 305 g/mol. The molecule has 0 fully saturated rings. The minimum absolute atomic E-state index is 0. The molecule has 1 N–H and O–H groups in total. The van der Waals surface area contributed by atoms with Crippen molar-refractivity contribution in [2.45, 2.75) is 34.6 Å². The monoisotopic (exact) mass is 305 g/mol. The van der Waals surface area contributed by atoms with E-state index in [0.717, 1.165) is 6.42 Å². The number of thiophene rings is 1. The van der Waals surface area contributed by atoms with Crippen LogP contribution in [0.3, 0.4) is 0 Å². The maximum absolute atomic E-state index is 10.9. The lowest BCUT2D eigenvalue weighted by Gasteiger charge is -2.08. The van der Waals surface area contributed by atoms with Crippen molar-refractivity contribution in [2.75, 3.05) is 6.54 Å². The fraction of sp³-hybridized carbons (Fsp3) is 0.389. The standard InChI is InChI=1S/C17H23NOS.CH4/c1-6-14(12(3)4)10-16-15(8-9-18-13(5)19)11-20-17(16)7-2;/h6-7,10-12H,1-2,8-9H2,3-5H3,(H,18,19);1H4/b14-10+;. The molecule has 0 aromatic carbocycles. The Morgan fingerprint density at radius 2 is 2.10 bits per heavy atom. The molecule has 0 spiro atoms. The molecule has 0 radical (unpaired) electrons. The highest BCUT2D eigenvalue weighted by Gasteiger charge is 2.09. The summed E-state index contributed by atoms with van der Waals surface area (Å²) in [4.78, 5) is 12.1. The molecule has 0 bridgehead atoms. The molecule has 1 rings (SSSR count). The van der Waals surface area contributed by atoms with E-state index < -0.39 is 0 Å². The van der Waals surface area contributed by atoms with Gasteiger partial charge in [-0.25, -0.2) is 0 Å². The van der Waals surface area contributed by atoms with Gasteiger partial charge in [-0.3, -0.25) is 4.79 Å². The Bertz CT molecular complexity index is 523. The van der Waals surface area contributed by atoms with Gasteiger partial charge in [-0.2, -0.15) is 0 Å². The predicted molar refractivity (Wildman–Crippen MR) is 96.5 cm³/mol. The number of hydrogen-bond donors (Lipinski definition) is 1. The van der Waals surface area contributed by atoms with Crippen molar-refractivity contribution in [2.24, 2.45) is 5.92 Å². The quantitative estimate of drug-likeness (QED) is 0.711. The zero-order valence-corrected chi connectivity index (χ0v) is 13.3. The number of hydrogen-bond acceptors (Lipinski definition) is 2. The third-order valence-electron chi connectivity index (χ3n) is 3.11. The van der Waals surface area contributed by atoms with E-state index in [1.165, 1.54) is 28.5 Å². The second-order valence-electron chi connectivity index (χ2n) is 4.98. The van der Waals surface area contributed by atoms with Gasteiger partial charge in [-0.1, -0.05) is 46.6 Å². The first kappa shape index (κ1) is 19.4. The molecular formula is C18H27NOS. The molecule has 21 heavy (non-hydrogen) atoms. The first-order valence-corrected chi connectivity index (χ1v) is 7.68. The van der Waals surface area contributed by atoms with Crippen molar-refractivity contribution >= 4 is 29.4 Å². The molecular weight excluding hydrogens is 278 g/mol. The van der Waals surface area contributed by atoms with Crippen molar-refractivity contribution in [1.82, 2.24) is 5.32 Å². The zero-order chi connectivity index (χ0) is 15.1. The lowest BCUT2D eigenvalue weighted by atomic mass is 9.98. The molecule has 116 valence electrons. The third kappa shape index (κ3) is 5.72. The summed E-state index contributed by atoms with van der Waals surface area (Å²) in [6.45, 7) is 14.3. The number of carbonyl (C=O) groups excluding carboxylic acids is 1. The largest absolute Gasteiger partial charge is 0.356 e. The van der Waals surface area contributed by atoms with Crippen LogP contribution in [0.4, 0.5) is 0 Å². The second-order valence-corrected chi connectivity index (χ2v) is 5.89. The van der Waals surface area contributed by atoms with Gasteiger partial charge in [-0.05, 0) is 40.5 Å². The van der Waals surface area contributed by atoms with Gasteiger partial charge in [0.05, 0.1) is 0 Å². The SMILES string of the molecule is C.C=C/C(=C\c1c(CCNC(C)=O)csc1C=C)C(C)C. The minimum atomic E-state index is 0. The van der Waals surface area contributed by atoms with Crippen LogP contribution in [0.25, 0.3) is 12.2 Å². The van der Waals surface area contributed by atoms with Crippen LogP contribution in [0.1, 0.15) is 44.2 Å². The van der Waals surface area contributed by atoms with Gasteiger partial charge in [0.25, 0.3) is 0 Å². The van der Waals surface area contributed by atoms with Gasteiger partial charge in [0, 0.05) is 18.3 Å². The van der Waals surface area contributed by atoms with E-state index >= 15 is 0 Å². The Balaban J connectivity index is 0.00000400. The maximum Gasteiger partial charge on any atom is 0.216 e. The van der Waals surface area contributed by atoms with E-state index in [0.29, 0.717) is 12.5 Å². The summed E-state index contributed by atoms with van der Waals surface area (Å²) >= 11 is 1.69. The molecule has 0 aliphatic rings. The number of rotatable bonds is 7. The lowest BCUT2D eigenvalue weighted by Crippen LogP contribution is -2.22. The summed E-state index contributed by atoms with van der Waals surface area (Å²) in [6, 6.07) is 0. The van der Waals surface area contributed by atoms with Gasteiger partial charge in [0.1, 0.15) is 0 Å². The fourth-order valence-electron chi connectivity index (χ4n) is 1.94. The Labute approximate surface area is 133 Å². The Morgan fingerprint density at radius 1 is 1.43 bits per heavy atom.